The molecule has 5 nitrogen and oxygen atoms in total. The number of Topliss-reactive ketones (excluding diaryl/α,β-unsaturated/α-hetero) is 2. The fourth-order valence-corrected chi connectivity index (χ4v) is 3.25. The molecule has 1 aliphatic rings. The van der Waals surface area contributed by atoms with Crippen molar-refractivity contribution < 1.29 is 14.3 Å². The Morgan fingerprint density at radius 2 is 1.50 bits per heavy atom. The highest BCUT2D eigenvalue weighted by molar-refractivity contribution is 6.35. The van der Waals surface area contributed by atoms with Crippen LogP contribution in [0.5, 0.6) is 0 Å². The molecule has 1 fully saturated rings. The average Bonchev–Trinajstić information content (AvgIpc) is 3.24. The van der Waals surface area contributed by atoms with E-state index in [0.29, 0.717) is 31.5 Å². The highest BCUT2D eigenvalue weighted by Crippen LogP contribution is 2.25. The van der Waals surface area contributed by atoms with Crippen molar-refractivity contribution in [1.82, 2.24) is 9.97 Å². The number of ketones is 2. The maximum Gasteiger partial charge on any atom is 0.138 e. The standard InChI is InChI=1S/C9H9Cl2NO.C8H7Cl2NO.C4H8O/c1-5(6(2)13)9-8(11)3-7(10)4-12-9;1-5(12)2-8-7(10)3-6(9)4-11-8;1-2-4-5-3-1/h3-5H,1-2H3;3-4H,2H2,1H3;1-4H2. The smallest absolute Gasteiger partial charge is 0.138 e. The highest BCUT2D eigenvalue weighted by Gasteiger charge is 2.15. The summed E-state index contributed by atoms with van der Waals surface area (Å²) in [6.07, 6.45) is 5.78. The molecule has 0 aromatic carbocycles. The van der Waals surface area contributed by atoms with Gasteiger partial charge in [-0.1, -0.05) is 46.4 Å². The van der Waals surface area contributed by atoms with Gasteiger partial charge in [0.2, 0.25) is 0 Å². The molecule has 1 aliphatic heterocycles. The van der Waals surface area contributed by atoms with E-state index < -0.39 is 0 Å². The zero-order chi connectivity index (χ0) is 22.7. The SMILES string of the molecule is C1CCOC1.CC(=O)C(C)c1ncc(Cl)cc1Cl.CC(=O)Cc1ncc(Cl)cc1Cl. The van der Waals surface area contributed by atoms with Crippen molar-refractivity contribution in [3.8, 4) is 0 Å². The van der Waals surface area contributed by atoms with Gasteiger partial charge in [0.1, 0.15) is 11.6 Å². The summed E-state index contributed by atoms with van der Waals surface area (Å²) < 4.78 is 4.94. The molecule has 2 aromatic heterocycles. The first-order chi connectivity index (χ1) is 14.1. The molecule has 9 heteroatoms. The van der Waals surface area contributed by atoms with Gasteiger partial charge in [-0.2, -0.15) is 0 Å². The summed E-state index contributed by atoms with van der Waals surface area (Å²) in [6.45, 7) is 6.77. The number of ether oxygens (including phenoxy) is 1. The van der Waals surface area contributed by atoms with E-state index in [9.17, 15) is 9.59 Å². The van der Waals surface area contributed by atoms with Crippen LogP contribution in [0.3, 0.4) is 0 Å². The predicted molar refractivity (Wildman–Crippen MR) is 122 cm³/mol. The molecule has 0 amide bonds. The summed E-state index contributed by atoms with van der Waals surface area (Å²) in [5.74, 6) is -0.201. The lowest BCUT2D eigenvalue weighted by Crippen LogP contribution is -2.06. The first-order valence-electron chi connectivity index (χ1n) is 9.30. The fraction of sp³-hybridized carbons (Fsp3) is 0.429. The second-order valence-electron chi connectivity index (χ2n) is 6.63. The first kappa shape index (κ1) is 26.8. The molecule has 0 spiro atoms. The monoisotopic (exact) mass is 492 g/mol. The number of rotatable bonds is 4. The molecule has 30 heavy (non-hydrogen) atoms. The summed E-state index contributed by atoms with van der Waals surface area (Å²) in [5.41, 5.74) is 1.16. The molecule has 1 saturated heterocycles. The summed E-state index contributed by atoms with van der Waals surface area (Å²) in [7, 11) is 0. The Hall–Kier alpha value is -1.24. The van der Waals surface area contributed by atoms with Gasteiger partial charge in [0, 0.05) is 32.0 Å². The Balaban J connectivity index is 0.000000245. The van der Waals surface area contributed by atoms with Crippen molar-refractivity contribution in [2.24, 2.45) is 0 Å². The molecule has 0 saturated carbocycles. The number of carbonyl (C=O) groups excluding carboxylic acids is 2. The third-order valence-corrected chi connectivity index (χ3v) is 5.03. The molecular formula is C21H24Cl4N2O3. The van der Waals surface area contributed by atoms with Gasteiger partial charge in [-0.3, -0.25) is 19.6 Å². The molecule has 0 aliphatic carbocycles. The van der Waals surface area contributed by atoms with Gasteiger partial charge in [-0.15, -0.1) is 0 Å². The molecule has 2 aromatic rings. The molecule has 0 N–H and O–H groups in total. The minimum atomic E-state index is -0.273. The number of pyridine rings is 2. The molecule has 3 rings (SSSR count). The van der Waals surface area contributed by atoms with Gasteiger partial charge in [-0.05, 0) is 45.7 Å². The van der Waals surface area contributed by atoms with Gasteiger partial charge < -0.3 is 4.74 Å². The summed E-state index contributed by atoms with van der Waals surface area (Å²) >= 11 is 22.9. The summed E-state index contributed by atoms with van der Waals surface area (Å²) in [6, 6.07) is 3.17. The maximum absolute atomic E-state index is 11.0. The van der Waals surface area contributed by atoms with Crippen LogP contribution in [-0.2, 0) is 20.7 Å². The number of hydrogen-bond donors (Lipinski definition) is 0. The van der Waals surface area contributed by atoms with Crippen LogP contribution in [0.4, 0.5) is 0 Å². The average molecular weight is 494 g/mol. The van der Waals surface area contributed by atoms with Crippen LogP contribution in [0.25, 0.3) is 0 Å². The third-order valence-electron chi connectivity index (χ3n) is 3.98. The van der Waals surface area contributed by atoms with Crippen LogP contribution in [-0.4, -0.2) is 34.7 Å². The van der Waals surface area contributed by atoms with Crippen molar-refractivity contribution in [3.05, 3.63) is 56.0 Å². The van der Waals surface area contributed by atoms with Crippen LogP contribution in [0.1, 0.15) is 50.9 Å². The second kappa shape index (κ2) is 13.9. The Morgan fingerprint density at radius 1 is 0.967 bits per heavy atom. The van der Waals surface area contributed by atoms with Gasteiger partial charge in [-0.25, -0.2) is 0 Å². The minimum Gasteiger partial charge on any atom is -0.381 e. The molecule has 0 radical (unpaired) electrons. The van der Waals surface area contributed by atoms with Crippen molar-refractivity contribution in [2.75, 3.05) is 13.2 Å². The number of nitrogens with zero attached hydrogens (tertiary/aromatic N) is 2. The fourth-order valence-electron chi connectivity index (χ4n) is 2.26. The van der Waals surface area contributed by atoms with E-state index in [1.54, 1.807) is 19.1 Å². The number of halogens is 4. The Kier molecular flexibility index (Phi) is 12.5. The van der Waals surface area contributed by atoms with Gasteiger partial charge in [0.15, 0.2) is 0 Å². The van der Waals surface area contributed by atoms with E-state index in [1.165, 1.54) is 39.1 Å². The normalized spacial score (nSPS) is 13.4. The largest absolute Gasteiger partial charge is 0.381 e. The second-order valence-corrected chi connectivity index (χ2v) is 8.32. The van der Waals surface area contributed by atoms with Crippen LogP contribution < -0.4 is 0 Å². The van der Waals surface area contributed by atoms with Crippen LogP contribution in [0.15, 0.2) is 24.5 Å². The first-order valence-corrected chi connectivity index (χ1v) is 10.8. The Bertz CT molecular complexity index is 851. The highest BCUT2D eigenvalue weighted by atomic mass is 35.5. The van der Waals surface area contributed by atoms with Crippen molar-refractivity contribution in [3.63, 3.8) is 0 Å². The molecular weight excluding hydrogens is 470 g/mol. The van der Waals surface area contributed by atoms with Crippen LogP contribution in [0, 0.1) is 0 Å². The summed E-state index contributed by atoms with van der Waals surface area (Å²) in [4.78, 5) is 29.7. The van der Waals surface area contributed by atoms with E-state index in [1.807, 2.05) is 0 Å². The Labute approximate surface area is 197 Å². The molecule has 3 heterocycles. The maximum atomic E-state index is 11.0. The predicted octanol–water partition coefficient (Wildman–Crippen LogP) is 6.40. The minimum absolute atomic E-state index is 0.0340. The lowest BCUT2D eigenvalue weighted by atomic mass is 10.0. The third kappa shape index (κ3) is 10.2. The summed E-state index contributed by atoms with van der Waals surface area (Å²) in [5, 5.41) is 1.84. The van der Waals surface area contributed by atoms with E-state index in [0.717, 1.165) is 13.2 Å². The molecule has 164 valence electrons. The number of hydrogen-bond acceptors (Lipinski definition) is 5. The molecule has 1 atom stereocenters. The molecule has 1 unspecified atom stereocenters. The van der Waals surface area contributed by atoms with Gasteiger partial charge in [0.05, 0.1) is 37.4 Å². The van der Waals surface area contributed by atoms with E-state index in [-0.39, 0.29) is 23.9 Å². The van der Waals surface area contributed by atoms with Gasteiger partial charge in [0.25, 0.3) is 0 Å². The van der Waals surface area contributed by atoms with Crippen molar-refractivity contribution in [2.45, 2.75) is 46.0 Å². The topological polar surface area (TPSA) is 69.2 Å². The Morgan fingerprint density at radius 3 is 1.90 bits per heavy atom. The van der Waals surface area contributed by atoms with E-state index in [4.69, 9.17) is 51.1 Å². The zero-order valence-electron chi connectivity index (χ0n) is 17.1. The van der Waals surface area contributed by atoms with Crippen molar-refractivity contribution >= 4 is 58.0 Å². The van der Waals surface area contributed by atoms with Crippen molar-refractivity contribution in [1.29, 1.82) is 0 Å². The van der Waals surface area contributed by atoms with Gasteiger partial charge >= 0.3 is 0 Å². The lowest BCUT2D eigenvalue weighted by Gasteiger charge is -2.08. The number of carbonyl (C=O) groups is 2. The lowest BCUT2D eigenvalue weighted by molar-refractivity contribution is -0.118. The molecule has 0 bridgehead atoms. The quantitative estimate of drug-likeness (QED) is 0.492. The number of aromatic nitrogens is 2. The van der Waals surface area contributed by atoms with Crippen LogP contribution >= 0.6 is 46.4 Å². The van der Waals surface area contributed by atoms with E-state index in [2.05, 4.69) is 9.97 Å². The van der Waals surface area contributed by atoms with E-state index >= 15 is 0 Å². The van der Waals surface area contributed by atoms with Crippen LogP contribution in [0.2, 0.25) is 20.1 Å². The zero-order valence-corrected chi connectivity index (χ0v) is 20.1.